The molecule has 0 aromatic rings. The monoisotopic (exact) mass is 156 g/mol. The second kappa shape index (κ2) is 7.83. The van der Waals surface area contributed by atoms with Gasteiger partial charge in [-0.1, -0.05) is 31.9 Å². The van der Waals surface area contributed by atoms with E-state index in [1.54, 1.807) is 0 Å². The summed E-state index contributed by atoms with van der Waals surface area (Å²) >= 11 is 0. The Morgan fingerprint density at radius 2 is 1.91 bits per heavy atom. The quantitative estimate of drug-likeness (QED) is 0.348. The zero-order valence-corrected chi connectivity index (χ0v) is 7.16. The second-order valence-corrected chi connectivity index (χ2v) is 2.68. The number of hydrogen-bond acceptors (Lipinski definition) is 2. The van der Waals surface area contributed by atoms with E-state index in [0.717, 1.165) is 6.42 Å². The van der Waals surface area contributed by atoms with E-state index in [4.69, 9.17) is 10.0 Å². The molecule has 0 rings (SSSR count). The first-order chi connectivity index (χ1) is 5.27. The van der Waals surface area contributed by atoms with Gasteiger partial charge in [0.2, 0.25) is 0 Å². The third-order valence-corrected chi connectivity index (χ3v) is 1.49. The average molecular weight is 156 g/mol. The zero-order chi connectivity index (χ0) is 8.53. The fourth-order valence-corrected chi connectivity index (χ4v) is 0.848. The van der Waals surface area contributed by atoms with Crippen molar-refractivity contribution in [3.63, 3.8) is 0 Å². The van der Waals surface area contributed by atoms with Crippen LogP contribution in [0.4, 0.5) is 0 Å². The van der Waals surface area contributed by atoms with Gasteiger partial charge in [-0.05, 0) is 19.2 Å². The van der Waals surface area contributed by atoms with Crippen molar-refractivity contribution in [1.82, 2.24) is 0 Å². The van der Waals surface area contributed by atoms with Gasteiger partial charge in [0.15, 0.2) is 0 Å². The predicted molar refractivity (Wildman–Crippen MR) is 48.3 cm³/mol. The minimum absolute atomic E-state index is 0.353. The van der Waals surface area contributed by atoms with Crippen molar-refractivity contribution in [2.45, 2.75) is 38.9 Å². The van der Waals surface area contributed by atoms with Gasteiger partial charge in [-0.3, -0.25) is 0 Å². The van der Waals surface area contributed by atoms with E-state index in [1.807, 2.05) is 12.2 Å². The molecule has 0 aliphatic carbocycles. The van der Waals surface area contributed by atoms with Gasteiger partial charge in [-0.15, -0.1) is 0 Å². The lowest BCUT2D eigenvalue weighted by Crippen LogP contribution is -2.07. The molecule has 0 saturated carbocycles. The Morgan fingerprint density at radius 1 is 1.18 bits per heavy atom. The average Bonchev–Trinajstić information content (AvgIpc) is 1.96. The third-order valence-electron chi connectivity index (χ3n) is 1.49. The standard InChI is InChI=1S/C8H17BO2/c1-2-3-4-5-6-7-8-9(10)11/h6-7,10-11H,2-5,8H2,1H3/b7-6+. The molecular weight excluding hydrogens is 139 g/mol. The molecule has 2 N–H and O–H groups in total. The van der Waals surface area contributed by atoms with E-state index < -0.39 is 7.12 Å². The van der Waals surface area contributed by atoms with Gasteiger partial charge in [0, 0.05) is 0 Å². The van der Waals surface area contributed by atoms with Gasteiger partial charge >= 0.3 is 7.12 Å². The molecule has 3 heteroatoms. The molecule has 0 heterocycles. The largest absolute Gasteiger partial charge is 0.455 e. The van der Waals surface area contributed by atoms with Crippen LogP contribution in [0.25, 0.3) is 0 Å². The van der Waals surface area contributed by atoms with Crippen molar-refractivity contribution < 1.29 is 10.0 Å². The molecule has 0 bridgehead atoms. The maximum absolute atomic E-state index is 8.46. The Balaban J connectivity index is 3.03. The van der Waals surface area contributed by atoms with E-state index in [9.17, 15) is 0 Å². The molecule has 64 valence electrons. The Bertz CT molecular complexity index is 102. The highest BCUT2D eigenvalue weighted by atomic mass is 16.4. The third kappa shape index (κ3) is 9.72. The topological polar surface area (TPSA) is 40.5 Å². The van der Waals surface area contributed by atoms with Gasteiger partial charge in [0.1, 0.15) is 0 Å². The molecule has 0 radical (unpaired) electrons. The highest BCUT2D eigenvalue weighted by molar-refractivity contribution is 6.41. The highest BCUT2D eigenvalue weighted by Gasteiger charge is 2.00. The summed E-state index contributed by atoms with van der Waals surface area (Å²) in [5.74, 6) is 0. The minimum atomic E-state index is -1.18. The molecule has 0 aromatic carbocycles. The lowest BCUT2D eigenvalue weighted by Gasteiger charge is -1.92. The van der Waals surface area contributed by atoms with Crippen molar-refractivity contribution in [1.29, 1.82) is 0 Å². The van der Waals surface area contributed by atoms with Crippen molar-refractivity contribution in [2.24, 2.45) is 0 Å². The van der Waals surface area contributed by atoms with Crippen LogP contribution in [-0.2, 0) is 0 Å². The summed E-state index contributed by atoms with van der Waals surface area (Å²) in [5, 5.41) is 16.9. The summed E-state index contributed by atoms with van der Waals surface area (Å²) in [6.45, 7) is 2.17. The van der Waals surface area contributed by atoms with Crippen molar-refractivity contribution in [3.05, 3.63) is 12.2 Å². The molecule has 0 aliphatic rings. The molecule has 0 fully saturated rings. The van der Waals surface area contributed by atoms with Crippen LogP contribution < -0.4 is 0 Å². The maximum Gasteiger partial charge on any atom is 0.455 e. The molecule has 0 aliphatic heterocycles. The second-order valence-electron chi connectivity index (χ2n) is 2.68. The SMILES string of the molecule is CCCCC/C=C/CB(O)O. The van der Waals surface area contributed by atoms with E-state index >= 15 is 0 Å². The highest BCUT2D eigenvalue weighted by Crippen LogP contribution is 2.00. The van der Waals surface area contributed by atoms with Gasteiger partial charge in [0.05, 0.1) is 0 Å². The fraction of sp³-hybridized carbons (Fsp3) is 0.750. The molecule has 0 spiro atoms. The maximum atomic E-state index is 8.46. The van der Waals surface area contributed by atoms with Crippen LogP contribution in [0.2, 0.25) is 6.32 Å². The fourth-order valence-electron chi connectivity index (χ4n) is 0.848. The normalized spacial score (nSPS) is 10.8. The summed E-state index contributed by atoms with van der Waals surface area (Å²) < 4.78 is 0. The first-order valence-electron chi connectivity index (χ1n) is 4.28. The predicted octanol–water partition coefficient (Wildman–Crippen LogP) is 1.60. The van der Waals surface area contributed by atoms with Gasteiger partial charge in [0.25, 0.3) is 0 Å². The van der Waals surface area contributed by atoms with Gasteiger partial charge in [-0.2, -0.15) is 0 Å². The Kier molecular flexibility index (Phi) is 7.63. The van der Waals surface area contributed by atoms with Crippen LogP contribution >= 0.6 is 0 Å². The van der Waals surface area contributed by atoms with Crippen LogP contribution in [0.5, 0.6) is 0 Å². The molecule has 0 atom stereocenters. The molecule has 0 unspecified atom stereocenters. The van der Waals surface area contributed by atoms with E-state index in [0.29, 0.717) is 6.32 Å². The molecule has 11 heavy (non-hydrogen) atoms. The Morgan fingerprint density at radius 3 is 2.45 bits per heavy atom. The van der Waals surface area contributed by atoms with Gasteiger partial charge in [-0.25, -0.2) is 0 Å². The smallest absolute Gasteiger partial charge is 0.427 e. The number of hydrogen-bond donors (Lipinski definition) is 2. The molecular formula is C8H17BO2. The summed E-state index contributed by atoms with van der Waals surface area (Å²) in [6.07, 6.45) is 8.93. The molecule has 0 saturated heterocycles. The van der Waals surface area contributed by atoms with E-state index in [1.165, 1.54) is 19.3 Å². The molecule has 0 amide bonds. The van der Waals surface area contributed by atoms with Crippen molar-refractivity contribution in [3.8, 4) is 0 Å². The van der Waals surface area contributed by atoms with Crippen molar-refractivity contribution in [2.75, 3.05) is 0 Å². The Hall–Kier alpha value is -0.275. The van der Waals surface area contributed by atoms with Crippen LogP contribution in [0.3, 0.4) is 0 Å². The Labute approximate surface area is 69.1 Å². The van der Waals surface area contributed by atoms with Crippen LogP contribution in [0.15, 0.2) is 12.2 Å². The van der Waals surface area contributed by atoms with Crippen LogP contribution in [-0.4, -0.2) is 17.2 Å². The van der Waals surface area contributed by atoms with Crippen molar-refractivity contribution >= 4 is 7.12 Å². The van der Waals surface area contributed by atoms with E-state index in [2.05, 4.69) is 6.92 Å². The van der Waals surface area contributed by atoms with Crippen LogP contribution in [0.1, 0.15) is 32.6 Å². The van der Waals surface area contributed by atoms with E-state index in [-0.39, 0.29) is 0 Å². The minimum Gasteiger partial charge on any atom is -0.427 e. The number of allylic oxidation sites excluding steroid dienone is 2. The summed E-state index contributed by atoms with van der Waals surface area (Å²) in [7, 11) is -1.18. The number of unbranched alkanes of at least 4 members (excludes halogenated alkanes) is 3. The van der Waals surface area contributed by atoms with Gasteiger partial charge < -0.3 is 10.0 Å². The first-order valence-corrected chi connectivity index (χ1v) is 4.28. The molecule has 0 aromatic heterocycles. The lowest BCUT2D eigenvalue weighted by molar-refractivity contribution is 0.411. The first kappa shape index (κ1) is 10.7. The summed E-state index contributed by atoms with van der Waals surface area (Å²) in [4.78, 5) is 0. The van der Waals surface area contributed by atoms with Crippen LogP contribution in [0, 0.1) is 0 Å². The summed E-state index contributed by atoms with van der Waals surface area (Å²) in [5.41, 5.74) is 0. The summed E-state index contributed by atoms with van der Waals surface area (Å²) in [6, 6.07) is 0. The number of rotatable bonds is 6. The zero-order valence-electron chi connectivity index (χ0n) is 7.16. The molecule has 2 nitrogen and oxygen atoms in total. The lowest BCUT2D eigenvalue weighted by atomic mass is 9.86.